The first-order chi connectivity index (χ1) is 11.6. The van der Waals surface area contributed by atoms with E-state index in [9.17, 15) is 4.79 Å². The lowest BCUT2D eigenvalue weighted by Crippen LogP contribution is -2.45. The fraction of sp³-hybridized carbons (Fsp3) is 0.421. The Morgan fingerprint density at radius 3 is 3.04 bits per heavy atom. The van der Waals surface area contributed by atoms with Crippen LogP contribution in [0.4, 0.5) is 0 Å². The number of amides is 1. The van der Waals surface area contributed by atoms with Crippen molar-refractivity contribution < 1.29 is 9.53 Å². The van der Waals surface area contributed by atoms with Crippen LogP contribution >= 0.6 is 11.3 Å². The molecule has 5 heteroatoms. The quantitative estimate of drug-likeness (QED) is 0.903. The van der Waals surface area contributed by atoms with Crippen LogP contribution in [0.1, 0.15) is 35.0 Å². The number of benzene rings is 1. The average Bonchev–Trinajstić information content (AvgIpc) is 3.13. The number of carbonyl (C=O) groups is 1. The summed E-state index contributed by atoms with van der Waals surface area (Å²) in [6.45, 7) is 4.11. The van der Waals surface area contributed by atoms with Crippen LogP contribution in [0.15, 0.2) is 41.8 Å². The second-order valence-electron chi connectivity index (χ2n) is 6.41. The molecule has 1 aromatic carbocycles. The topological polar surface area (TPSA) is 55.6 Å². The van der Waals surface area contributed by atoms with Crippen LogP contribution in [0.25, 0.3) is 0 Å². The number of nitrogens with zero attached hydrogens (tertiary/aromatic N) is 1. The zero-order valence-electron chi connectivity index (χ0n) is 14.0. The van der Waals surface area contributed by atoms with Crippen LogP contribution in [-0.4, -0.2) is 29.9 Å². The summed E-state index contributed by atoms with van der Waals surface area (Å²) in [6.07, 6.45) is 2.12. The van der Waals surface area contributed by atoms with E-state index in [0.717, 1.165) is 31.7 Å². The van der Waals surface area contributed by atoms with E-state index >= 15 is 0 Å². The molecule has 1 amide bonds. The Hall–Kier alpha value is -1.85. The Balaban J connectivity index is 1.65. The van der Waals surface area contributed by atoms with Crippen LogP contribution in [-0.2, 0) is 6.61 Å². The molecule has 2 unspecified atom stereocenters. The molecule has 2 atom stereocenters. The summed E-state index contributed by atoms with van der Waals surface area (Å²) in [5.41, 5.74) is 6.71. The number of nitrogens with two attached hydrogens (primary N) is 1. The summed E-state index contributed by atoms with van der Waals surface area (Å²) < 4.78 is 5.81. The van der Waals surface area contributed by atoms with Gasteiger partial charge in [0.05, 0.1) is 0 Å². The lowest BCUT2D eigenvalue weighted by Gasteiger charge is -2.34. The minimum atomic E-state index is 0.0712. The molecule has 3 rings (SSSR count). The van der Waals surface area contributed by atoms with Gasteiger partial charge in [-0.05, 0) is 55.3 Å². The van der Waals surface area contributed by atoms with E-state index < -0.39 is 0 Å². The van der Waals surface area contributed by atoms with E-state index in [1.54, 1.807) is 11.3 Å². The SMILES string of the molecule is CC(N)C1CCCN(C(=O)c2cccc(OCc3cccs3)c2)C1. The van der Waals surface area contributed by atoms with Crippen LogP contribution < -0.4 is 10.5 Å². The van der Waals surface area contributed by atoms with Crippen LogP contribution in [0.5, 0.6) is 5.75 Å². The molecule has 1 aromatic heterocycles. The molecule has 0 bridgehead atoms. The third-order valence-electron chi connectivity index (χ3n) is 4.53. The number of hydrogen-bond acceptors (Lipinski definition) is 4. The van der Waals surface area contributed by atoms with Crippen molar-refractivity contribution in [3.8, 4) is 5.75 Å². The van der Waals surface area contributed by atoms with Gasteiger partial charge in [0.1, 0.15) is 12.4 Å². The van der Waals surface area contributed by atoms with Crippen LogP contribution in [0, 0.1) is 5.92 Å². The van der Waals surface area contributed by atoms with Crippen molar-refractivity contribution in [2.24, 2.45) is 11.7 Å². The molecule has 1 saturated heterocycles. The molecule has 0 spiro atoms. The number of carbonyl (C=O) groups excluding carboxylic acids is 1. The number of thiophene rings is 1. The van der Waals surface area contributed by atoms with Crippen molar-refractivity contribution >= 4 is 17.2 Å². The van der Waals surface area contributed by atoms with Gasteiger partial charge in [-0.25, -0.2) is 0 Å². The number of hydrogen-bond donors (Lipinski definition) is 1. The molecule has 0 aliphatic carbocycles. The molecule has 0 radical (unpaired) electrons. The van der Waals surface area contributed by atoms with Gasteiger partial charge >= 0.3 is 0 Å². The maximum Gasteiger partial charge on any atom is 0.253 e. The maximum atomic E-state index is 12.8. The van der Waals surface area contributed by atoms with Gasteiger partial charge in [0.15, 0.2) is 0 Å². The lowest BCUT2D eigenvalue weighted by molar-refractivity contribution is 0.0660. The van der Waals surface area contributed by atoms with E-state index in [-0.39, 0.29) is 11.9 Å². The highest BCUT2D eigenvalue weighted by molar-refractivity contribution is 7.09. The standard InChI is InChI=1S/C19H24N2O2S/c1-14(20)16-6-3-9-21(12-16)19(22)15-5-2-7-17(11-15)23-13-18-8-4-10-24-18/h2,4-5,7-8,10-11,14,16H,3,6,9,12-13,20H2,1H3. The fourth-order valence-electron chi connectivity index (χ4n) is 3.07. The molecular weight excluding hydrogens is 320 g/mol. The highest BCUT2D eigenvalue weighted by atomic mass is 32.1. The van der Waals surface area contributed by atoms with Gasteiger partial charge in [0.2, 0.25) is 0 Å². The molecule has 1 fully saturated rings. The van der Waals surface area contributed by atoms with E-state index in [0.29, 0.717) is 18.1 Å². The van der Waals surface area contributed by atoms with Gasteiger partial charge in [0.25, 0.3) is 5.91 Å². The summed E-state index contributed by atoms with van der Waals surface area (Å²) in [6, 6.07) is 11.6. The van der Waals surface area contributed by atoms with Crippen LogP contribution in [0.3, 0.4) is 0 Å². The first-order valence-corrected chi connectivity index (χ1v) is 9.31. The largest absolute Gasteiger partial charge is 0.488 e. The van der Waals surface area contributed by atoms with E-state index in [4.69, 9.17) is 10.5 Å². The summed E-state index contributed by atoms with van der Waals surface area (Å²) in [7, 11) is 0. The first-order valence-electron chi connectivity index (χ1n) is 8.43. The third kappa shape index (κ3) is 4.16. The molecular formula is C19H24N2O2S. The van der Waals surface area contributed by atoms with Crippen molar-refractivity contribution in [3.63, 3.8) is 0 Å². The van der Waals surface area contributed by atoms with Gasteiger partial charge < -0.3 is 15.4 Å². The minimum absolute atomic E-state index is 0.0712. The number of piperidine rings is 1. The summed E-state index contributed by atoms with van der Waals surface area (Å²) >= 11 is 1.67. The molecule has 1 aliphatic rings. The maximum absolute atomic E-state index is 12.8. The highest BCUT2D eigenvalue weighted by Gasteiger charge is 2.26. The highest BCUT2D eigenvalue weighted by Crippen LogP contribution is 2.22. The van der Waals surface area contributed by atoms with Crippen molar-refractivity contribution in [2.75, 3.05) is 13.1 Å². The Morgan fingerprint density at radius 1 is 1.42 bits per heavy atom. The second kappa shape index (κ2) is 7.81. The second-order valence-corrected chi connectivity index (χ2v) is 7.44. The van der Waals surface area contributed by atoms with Gasteiger partial charge in [-0.2, -0.15) is 0 Å². The lowest BCUT2D eigenvalue weighted by atomic mass is 9.92. The van der Waals surface area contributed by atoms with Crippen molar-refractivity contribution in [2.45, 2.75) is 32.4 Å². The Kier molecular flexibility index (Phi) is 5.53. The predicted molar refractivity (Wildman–Crippen MR) is 97.4 cm³/mol. The average molecular weight is 344 g/mol. The summed E-state index contributed by atoms with van der Waals surface area (Å²) in [5.74, 6) is 1.19. The van der Waals surface area contributed by atoms with Crippen LogP contribution in [0.2, 0.25) is 0 Å². The van der Waals surface area contributed by atoms with Gasteiger partial charge in [-0.15, -0.1) is 11.3 Å². The molecule has 128 valence electrons. The van der Waals surface area contributed by atoms with Crippen molar-refractivity contribution in [1.82, 2.24) is 4.90 Å². The minimum Gasteiger partial charge on any atom is -0.488 e. The monoisotopic (exact) mass is 344 g/mol. The first kappa shape index (κ1) is 17.0. The molecule has 2 heterocycles. The van der Waals surface area contributed by atoms with E-state index in [1.165, 1.54) is 4.88 Å². The van der Waals surface area contributed by atoms with E-state index in [1.807, 2.05) is 53.6 Å². The summed E-state index contributed by atoms with van der Waals surface area (Å²) in [4.78, 5) is 15.9. The normalized spacial score (nSPS) is 19.1. The summed E-state index contributed by atoms with van der Waals surface area (Å²) in [5, 5.41) is 2.03. The Morgan fingerprint density at radius 2 is 2.29 bits per heavy atom. The third-order valence-corrected chi connectivity index (χ3v) is 5.38. The molecule has 2 N–H and O–H groups in total. The molecule has 1 aliphatic heterocycles. The van der Waals surface area contributed by atoms with Crippen molar-refractivity contribution in [1.29, 1.82) is 0 Å². The molecule has 4 nitrogen and oxygen atoms in total. The van der Waals surface area contributed by atoms with Crippen molar-refractivity contribution in [3.05, 3.63) is 52.2 Å². The zero-order valence-corrected chi connectivity index (χ0v) is 14.8. The zero-order chi connectivity index (χ0) is 16.9. The van der Waals surface area contributed by atoms with Gasteiger partial charge in [-0.1, -0.05) is 12.1 Å². The predicted octanol–water partition coefficient (Wildman–Crippen LogP) is 3.53. The molecule has 0 saturated carbocycles. The van der Waals surface area contributed by atoms with Gasteiger partial charge in [0, 0.05) is 29.6 Å². The smallest absolute Gasteiger partial charge is 0.253 e. The molecule has 2 aromatic rings. The Bertz CT molecular complexity index is 670. The number of rotatable bonds is 5. The molecule has 24 heavy (non-hydrogen) atoms. The van der Waals surface area contributed by atoms with E-state index in [2.05, 4.69) is 0 Å². The van der Waals surface area contributed by atoms with Gasteiger partial charge in [-0.3, -0.25) is 4.79 Å². The number of ether oxygens (including phenoxy) is 1. The Labute approximate surface area is 147 Å². The fourth-order valence-corrected chi connectivity index (χ4v) is 3.69. The number of likely N-dealkylation sites (tertiary alicyclic amines) is 1.